The van der Waals surface area contributed by atoms with Crippen molar-refractivity contribution in [3.8, 4) is 5.75 Å². The highest BCUT2D eigenvalue weighted by atomic mass is 16.3. The summed E-state index contributed by atoms with van der Waals surface area (Å²) in [7, 11) is 0. The van der Waals surface area contributed by atoms with Gasteiger partial charge in [0.1, 0.15) is 5.75 Å². The first-order chi connectivity index (χ1) is 12.1. The van der Waals surface area contributed by atoms with E-state index in [0.717, 1.165) is 22.3 Å². The monoisotopic (exact) mass is 329 g/mol. The maximum Gasteiger partial charge on any atom is 0.255 e. The van der Waals surface area contributed by atoms with E-state index in [0.29, 0.717) is 6.54 Å². The lowest BCUT2D eigenvalue weighted by Crippen LogP contribution is -2.41. The van der Waals surface area contributed by atoms with E-state index >= 15 is 0 Å². The average molecular weight is 329 g/mol. The molecular weight excluding hydrogens is 310 g/mol. The van der Waals surface area contributed by atoms with Gasteiger partial charge in [0, 0.05) is 12.1 Å². The Balaban J connectivity index is 1.87. The zero-order valence-corrected chi connectivity index (χ0v) is 14.0. The van der Waals surface area contributed by atoms with Crippen molar-refractivity contribution in [3.63, 3.8) is 0 Å². The highest BCUT2D eigenvalue weighted by Crippen LogP contribution is 2.44. The molecule has 0 saturated heterocycles. The molecule has 0 bridgehead atoms. The molecule has 0 spiro atoms. The van der Waals surface area contributed by atoms with Gasteiger partial charge in [-0.3, -0.25) is 4.79 Å². The van der Waals surface area contributed by atoms with Crippen LogP contribution in [0, 0.1) is 0 Å². The van der Waals surface area contributed by atoms with Gasteiger partial charge in [-0.1, -0.05) is 60.7 Å². The first-order valence-corrected chi connectivity index (χ1v) is 8.35. The van der Waals surface area contributed by atoms with Crippen molar-refractivity contribution in [1.29, 1.82) is 0 Å². The van der Waals surface area contributed by atoms with Crippen molar-refractivity contribution in [2.75, 3.05) is 0 Å². The SMILES string of the molecule is CC1(c2ccc(O)cc2)c2ccccc2C(=O)N1Cc1ccccc1. The molecule has 3 aromatic rings. The van der Waals surface area contributed by atoms with Crippen LogP contribution in [0.2, 0.25) is 0 Å². The molecule has 1 heterocycles. The number of hydrogen-bond donors (Lipinski definition) is 1. The fraction of sp³-hybridized carbons (Fsp3) is 0.136. The molecule has 1 unspecified atom stereocenters. The maximum absolute atomic E-state index is 13.1. The molecule has 124 valence electrons. The third-order valence-electron chi connectivity index (χ3n) is 5.08. The molecule has 1 aliphatic rings. The van der Waals surface area contributed by atoms with Crippen molar-refractivity contribution in [1.82, 2.24) is 4.90 Å². The molecule has 1 amide bonds. The Hall–Kier alpha value is -3.07. The minimum atomic E-state index is -0.572. The Kier molecular flexibility index (Phi) is 3.57. The summed E-state index contributed by atoms with van der Waals surface area (Å²) in [5.74, 6) is 0.259. The molecule has 3 nitrogen and oxygen atoms in total. The van der Waals surface area contributed by atoms with Crippen LogP contribution in [-0.2, 0) is 12.1 Å². The molecule has 1 aliphatic heterocycles. The molecule has 0 aromatic heterocycles. The molecule has 0 saturated carbocycles. The number of carbonyl (C=O) groups is 1. The molecule has 4 rings (SSSR count). The van der Waals surface area contributed by atoms with E-state index in [1.807, 2.05) is 71.6 Å². The van der Waals surface area contributed by atoms with E-state index in [2.05, 4.69) is 6.92 Å². The maximum atomic E-state index is 13.1. The van der Waals surface area contributed by atoms with Crippen LogP contribution in [0.4, 0.5) is 0 Å². The summed E-state index contributed by atoms with van der Waals surface area (Å²) in [6.45, 7) is 2.61. The van der Waals surface area contributed by atoms with Gasteiger partial charge in [-0.05, 0) is 41.8 Å². The van der Waals surface area contributed by atoms with E-state index < -0.39 is 5.54 Å². The summed E-state index contributed by atoms with van der Waals surface area (Å²) < 4.78 is 0. The summed E-state index contributed by atoms with van der Waals surface area (Å²) in [5.41, 5.74) is 3.25. The average Bonchev–Trinajstić information content (AvgIpc) is 2.86. The van der Waals surface area contributed by atoms with Gasteiger partial charge in [-0.25, -0.2) is 0 Å². The number of carbonyl (C=O) groups excluding carboxylic acids is 1. The number of benzene rings is 3. The summed E-state index contributed by atoms with van der Waals surface area (Å²) >= 11 is 0. The standard InChI is InChI=1S/C22H19NO2/c1-22(17-11-13-18(24)14-12-17)20-10-6-5-9-19(20)21(25)23(22)15-16-7-3-2-4-8-16/h2-14,24H,15H2,1H3. The first kappa shape index (κ1) is 15.5. The van der Waals surface area contributed by atoms with E-state index in [9.17, 15) is 9.90 Å². The summed E-state index contributed by atoms with van der Waals surface area (Å²) in [4.78, 5) is 15.0. The zero-order chi connectivity index (χ0) is 17.4. The van der Waals surface area contributed by atoms with Crippen LogP contribution < -0.4 is 0 Å². The van der Waals surface area contributed by atoms with Gasteiger partial charge in [0.25, 0.3) is 5.91 Å². The van der Waals surface area contributed by atoms with Crippen LogP contribution in [0.3, 0.4) is 0 Å². The number of aromatic hydroxyl groups is 1. The van der Waals surface area contributed by atoms with Crippen molar-refractivity contribution in [3.05, 3.63) is 101 Å². The van der Waals surface area contributed by atoms with Crippen molar-refractivity contribution in [2.45, 2.75) is 19.0 Å². The second-order valence-electron chi connectivity index (χ2n) is 6.54. The van der Waals surface area contributed by atoms with Crippen LogP contribution in [0.25, 0.3) is 0 Å². The van der Waals surface area contributed by atoms with Crippen LogP contribution in [0.1, 0.15) is 34.0 Å². The van der Waals surface area contributed by atoms with Gasteiger partial charge in [0.05, 0.1) is 5.54 Å². The van der Waals surface area contributed by atoms with E-state index in [1.54, 1.807) is 12.1 Å². The van der Waals surface area contributed by atoms with Crippen LogP contribution in [0.5, 0.6) is 5.75 Å². The van der Waals surface area contributed by atoms with Crippen LogP contribution in [-0.4, -0.2) is 15.9 Å². The molecule has 1 N–H and O–H groups in total. The smallest absolute Gasteiger partial charge is 0.255 e. The van der Waals surface area contributed by atoms with E-state index in [1.165, 1.54) is 0 Å². The number of hydrogen-bond acceptors (Lipinski definition) is 2. The van der Waals surface area contributed by atoms with Gasteiger partial charge in [-0.2, -0.15) is 0 Å². The molecule has 3 aromatic carbocycles. The van der Waals surface area contributed by atoms with Gasteiger partial charge >= 0.3 is 0 Å². The van der Waals surface area contributed by atoms with Gasteiger partial charge < -0.3 is 10.0 Å². The van der Waals surface area contributed by atoms with Crippen LogP contribution >= 0.6 is 0 Å². The van der Waals surface area contributed by atoms with E-state index in [4.69, 9.17) is 0 Å². The van der Waals surface area contributed by atoms with Gasteiger partial charge in [-0.15, -0.1) is 0 Å². The third-order valence-corrected chi connectivity index (χ3v) is 5.08. The predicted molar refractivity (Wildman–Crippen MR) is 97.3 cm³/mol. The zero-order valence-electron chi connectivity index (χ0n) is 14.0. The second-order valence-corrected chi connectivity index (χ2v) is 6.54. The fourth-order valence-electron chi connectivity index (χ4n) is 3.68. The minimum absolute atomic E-state index is 0.0371. The Bertz CT molecular complexity index is 918. The molecular formula is C22H19NO2. The lowest BCUT2D eigenvalue weighted by atomic mass is 9.84. The summed E-state index contributed by atoms with van der Waals surface area (Å²) in [6.07, 6.45) is 0. The topological polar surface area (TPSA) is 40.5 Å². The third kappa shape index (κ3) is 2.40. The molecule has 3 heteroatoms. The summed E-state index contributed by atoms with van der Waals surface area (Å²) in [6, 6.07) is 24.9. The number of nitrogens with zero attached hydrogens (tertiary/aromatic N) is 1. The second kappa shape index (κ2) is 5.78. The minimum Gasteiger partial charge on any atom is -0.508 e. The van der Waals surface area contributed by atoms with E-state index in [-0.39, 0.29) is 11.7 Å². The highest BCUT2D eigenvalue weighted by Gasteiger charge is 2.47. The number of amides is 1. The molecule has 0 aliphatic carbocycles. The largest absolute Gasteiger partial charge is 0.508 e. The summed E-state index contributed by atoms with van der Waals surface area (Å²) in [5, 5.41) is 9.65. The quantitative estimate of drug-likeness (QED) is 0.778. The number of phenolic OH excluding ortho intramolecular Hbond substituents is 1. The highest BCUT2D eigenvalue weighted by molar-refractivity contribution is 6.00. The molecule has 0 fully saturated rings. The van der Waals surface area contributed by atoms with Gasteiger partial charge in [0.15, 0.2) is 0 Å². The number of fused-ring (bicyclic) bond motifs is 1. The Labute approximate surface area is 147 Å². The predicted octanol–water partition coefficient (Wildman–Crippen LogP) is 4.31. The van der Waals surface area contributed by atoms with Crippen molar-refractivity contribution < 1.29 is 9.90 Å². The molecule has 25 heavy (non-hydrogen) atoms. The Morgan fingerprint density at radius 2 is 1.52 bits per heavy atom. The lowest BCUT2D eigenvalue weighted by molar-refractivity contribution is 0.0630. The fourth-order valence-corrected chi connectivity index (χ4v) is 3.68. The normalized spacial score (nSPS) is 19.1. The van der Waals surface area contributed by atoms with Crippen LogP contribution in [0.15, 0.2) is 78.9 Å². The van der Waals surface area contributed by atoms with Crippen molar-refractivity contribution >= 4 is 5.91 Å². The number of phenols is 1. The lowest BCUT2D eigenvalue weighted by Gasteiger charge is -2.37. The Morgan fingerprint density at radius 3 is 2.24 bits per heavy atom. The van der Waals surface area contributed by atoms with Gasteiger partial charge in [0.2, 0.25) is 0 Å². The Morgan fingerprint density at radius 1 is 0.880 bits per heavy atom. The van der Waals surface area contributed by atoms with Crippen molar-refractivity contribution in [2.24, 2.45) is 0 Å². The molecule has 1 atom stereocenters. The number of rotatable bonds is 3. The molecule has 0 radical (unpaired) electrons. The first-order valence-electron chi connectivity index (χ1n) is 8.35.